The number of hydrogen-bond acceptors (Lipinski definition) is 2. The quantitative estimate of drug-likeness (QED) is 0.555. The van der Waals surface area contributed by atoms with E-state index in [1.807, 2.05) is 23.5 Å². The number of aryl methyl sites for hydroxylation is 1. The first kappa shape index (κ1) is 14.3. The summed E-state index contributed by atoms with van der Waals surface area (Å²) in [5, 5.41) is 0. The molecule has 3 aromatic rings. The van der Waals surface area contributed by atoms with Gasteiger partial charge in [0.15, 0.2) is 0 Å². The Morgan fingerprint density at radius 1 is 0.571 bits per heavy atom. The minimum atomic E-state index is 1.27. The zero-order valence-corrected chi connectivity index (χ0v) is 13.5. The molecule has 0 unspecified atom stereocenters. The third kappa shape index (κ3) is 3.93. The van der Waals surface area contributed by atoms with E-state index in [2.05, 4.69) is 85.8 Å². The topological polar surface area (TPSA) is 0 Å². The van der Waals surface area contributed by atoms with E-state index >= 15 is 0 Å². The van der Waals surface area contributed by atoms with Gasteiger partial charge in [-0.1, -0.05) is 66.0 Å². The number of hydrogen-bond donors (Lipinski definition) is 0. The summed E-state index contributed by atoms with van der Waals surface area (Å²) in [4.78, 5) is 5.17. The highest BCUT2D eigenvalue weighted by molar-refractivity contribution is 8.02. The Kier molecular flexibility index (Phi) is 4.69. The molecule has 0 fully saturated rings. The van der Waals surface area contributed by atoms with E-state index in [1.54, 1.807) is 0 Å². The lowest BCUT2D eigenvalue weighted by molar-refractivity contribution is 1.20. The fourth-order valence-electron chi connectivity index (χ4n) is 2.01. The molecule has 0 radical (unpaired) electrons. The molecule has 21 heavy (non-hydrogen) atoms. The SMILES string of the molecule is Cc1ccc(Sc2ccccc2)c(Sc2ccccc2)c1. The molecular formula is C19H16S2. The summed E-state index contributed by atoms with van der Waals surface area (Å²) in [5.74, 6) is 0. The van der Waals surface area contributed by atoms with Crippen LogP contribution >= 0.6 is 23.5 Å². The van der Waals surface area contributed by atoms with Crippen LogP contribution in [0.3, 0.4) is 0 Å². The Morgan fingerprint density at radius 2 is 1.10 bits per heavy atom. The van der Waals surface area contributed by atoms with E-state index in [0.717, 1.165) is 0 Å². The zero-order chi connectivity index (χ0) is 14.5. The highest BCUT2D eigenvalue weighted by Gasteiger charge is 2.07. The van der Waals surface area contributed by atoms with Gasteiger partial charge in [-0.05, 0) is 48.9 Å². The van der Waals surface area contributed by atoms with Gasteiger partial charge in [-0.25, -0.2) is 0 Å². The van der Waals surface area contributed by atoms with Gasteiger partial charge >= 0.3 is 0 Å². The van der Waals surface area contributed by atoms with Crippen molar-refractivity contribution >= 4 is 23.5 Å². The molecule has 0 aliphatic carbocycles. The minimum absolute atomic E-state index is 1.27. The Bertz CT molecular complexity index is 706. The molecule has 0 nitrogen and oxygen atoms in total. The molecule has 0 aromatic heterocycles. The first-order valence-corrected chi connectivity index (χ1v) is 8.51. The van der Waals surface area contributed by atoms with Gasteiger partial charge in [0.1, 0.15) is 0 Å². The van der Waals surface area contributed by atoms with Crippen LogP contribution in [0.4, 0.5) is 0 Å². The van der Waals surface area contributed by atoms with Crippen molar-refractivity contribution in [2.75, 3.05) is 0 Å². The van der Waals surface area contributed by atoms with Crippen molar-refractivity contribution < 1.29 is 0 Å². The summed E-state index contributed by atoms with van der Waals surface area (Å²) in [6.07, 6.45) is 0. The van der Waals surface area contributed by atoms with Crippen LogP contribution in [0.2, 0.25) is 0 Å². The monoisotopic (exact) mass is 308 g/mol. The Balaban J connectivity index is 1.90. The van der Waals surface area contributed by atoms with Crippen LogP contribution in [0.15, 0.2) is 98.4 Å². The zero-order valence-electron chi connectivity index (χ0n) is 11.8. The van der Waals surface area contributed by atoms with Crippen molar-refractivity contribution in [2.45, 2.75) is 26.5 Å². The summed E-state index contributed by atoms with van der Waals surface area (Å²) in [6, 6.07) is 27.7. The van der Waals surface area contributed by atoms with Gasteiger partial charge in [-0.3, -0.25) is 0 Å². The van der Waals surface area contributed by atoms with Crippen LogP contribution in [0.25, 0.3) is 0 Å². The minimum Gasteiger partial charge on any atom is -0.0889 e. The standard InChI is InChI=1S/C19H16S2/c1-15-12-13-18(20-16-8-4-2-5-9-16)19(14-15)21-17-10-6-3-7-11-17/h2-14H,1H3. The van der Waals surface area contributed by atoms with E-state index in [-0.39, 0.29) is 0 Å². The first-order chi connectivity index (χ1) is 10.3. The van der Waals surface area contributed by atoms with Gasteiger partial charge in [0, 0.05) is 19.6 Å². The molecule has 104 valence electrons. The summed E-state index contributed by atoms with van der Waals surface area (Å²) in [5.41, 5.74) is 1.30. The van der Waals surface area contributed by atoms with Crippen molar-refractivity contribution in [2.24, 2.45) is 0 Å². The van der Waals surface area contributed by atoms with Gasteiger partial charge in [0.05, 0.1) is 0 Å². The van der Waals surface area contributed by atoms with Crippen LogP contribution in [0.1, 0.15) is 5.56 Å². The van der Waals surface area contributed by atoms with E-state index < -0.39 is 0 Å². The lowest BCUT2D eigenvalue weighted by atomic mass is 10.2. The Morgan fingerprint density at radius 3 is 1.67 bits per heavy atom. The van der Waals surface area contributed by atoms with Crippen molar-refractivity contribution in [3.63, 3.8) is 0 Å². The van der Waals surface area contributed by atoms with Gasteiger partial charge in [-0.2, -0.15) is 0 Å². The highest BCUT2D eigenvalue weighted by atomic mass is 32.2. The van der Waals surface area contributed by atoms with E-state index in [0.29, 0.717) is 0 Å². The smallest absolute Gasteiger partial charge is 0.0264 e. The predicted molar refractivity (Wildman–Crippen MR) is 92.3 cm³/mol. The molecule has 2 heteroatoms. The second-order valence-corrected chi connectivity index (χ2v) is 7.01. The number of benzene rings is 3. The molecule has 0 atom stereocenters. The molecule has 0 aliphatic rings. The van der Waals surface area contributed by atoms with Crippen LogP contribution in [0.5, 0.6) is 0 Å². The maximum atomic E-state index is 2.27. The molecule has 0 aliphatic heterocycles. The van der Waals surface area contributed by atoms with Crippen LogP contribution in [0, 0.1) is 6.92 Å². The highest BCUT2D eigenvalue weighted by Crippen LogP contribution is 2.39. The second-order valence-electron chi connectivity index (χ2n) is 4.78. The maximum absolute atomic E-state index is 2.27. The molecule has 0 N–H and O–H groups in total. The van der Waals surface area contributed by atoms with E-state index in [4.69, 9.17) is 0 Å². The molecule has 3 rings (SSSR count). The fourth-order valence-corrected chi connectivity index (χ4v) is 4.06. The van der Waals surface area contributed by atoms with Gasteiger partial charge in [0.25, 0.3) is 0 Å². The van der Waals surface area contributed by atoms with Crippen molar-refractivity contribution in [1.29, 1.82) is 0 Å². The molecule has 0 saturated carbocycles. The Hall–Kier alpha value is -1.64. The average molecular weight is 308 g/mol. The predicted octanol–water partition coefficient (Wildman–Crippen LogP) is 6.30. The summed E-state index contributed by atoms with van der Waals surface area (Å²) < 4.78 is 0. The van der Waals surface area contributed by atoms with Crippen molar-refractivity contribution in [3.8, 4) is 0 Å². The molecule has 0 saturated heterocycles. The van der Waals surface area contributed by atoms with E-state index in [1.165, 1.54) is 25.1 Å². The van der Waals surface area contributed by atoms with Crippen molar-refractivity contribution in [3.05, 3.63) is 84.4 Å². The molecule has 0 amide bonds. The van der Waals surface area contributed by atoms with Gasteiger partial charge in [0.2, 0.25) is 0 Å². The third-order valence-corrected chi connectivity index (χ3v) is 5.32. The summed E-state index contributed by atoms with van der Waals surface area (Å²) in [7, 11) is 0. The van der Waals surface area contributed by atoms with Crippen molar-refractivity contribution in [1.82, 2.24) is 0 Å². The lowest BCUT2D eigenvalue weighted by Crippen LogP contribution is -1.82. The molecule has 0 bridgehead atoms. The third-order valence-electron chi connectivity index (χ3n) is 3.04. The summed E-state index contributed by atoms with van der Waals surface area (Å²) >= 11 is 3.65. The van der Waals surface area contributed by atoms with Crippen LogP contribution in [-0.2, 0) is 0 Å². The molecule has 0 heterocycles. The largest absolute Gasteiger partial charge is 0.0889 e. The summed E-state index contributed by atoms with van der Waals surface area (Å²) in [6.45, 7) is 2.14. The number of rotatable bonds is 4. The normalized spacial score (nSPS) is 10.5. The molecule has 3 aromatic carbocycles. The van der Waals surface area contributed by atoms with Crippen LogP contribution in [-0.4, -0.2) is 0 Å². The maximum Gasteiger partial charge on any atom is 0.0264 e. The first-order valence-electron chi connectivity index (χ1n) is 6.88. The van der Waals surface area contributed by atoms with E-state index in [9.17, 15) is 0 Å². The second kappa shape index (κ2) is 6.88. The fraction of sp³-hybridized carbons (Fsp3) is 0.0526. The average Bonchev–Trinajstić information content (AvgIpc) is 2.52. The molecular weight excluding hydrogens is 292 g/mol. The molecule has 0 spiro atoms. The van der Waals surface area contributed by atoms with Gasteiger partial charge in [-0.15, -0.1) is 0 Å². The van der Waals surface area contributed by atoms with Crippen LogP contribution < -0.4 is 0 Å². The van der Waals surface area contributed by atoms with Gasteiger partial charge < -0.3 is 0 Å². The lowest BCUT2D eigenvalue weighted by Gasteiger charge is -2.10. The Labute approximate surface area is 134 Å².